The Kier molecular flexibility index (Phi) is 11.0. The van der Waals surface area contributed by atoms with Crippen molar-refractivity contribution in [3.63, 3.8) is 0 Å². The second kappa shape index (κ2) is 14.8. The Balaban J connectivity index is 1.59. The van der Waals surface area contributed by atoms with Gasteiger partial charge in [-0.2, -0.15) is 0 Å². The van der Waals surface area contributed by atoms with E-state index >= 15 is 0 Å². The third-order valence-electron chi connectivity index (χ3n) is 8.29. The zero-order valence-corrected chi connectivity index (χ0v) is 25.2. The molecule has 4 rings (SSSR count). The zero-order valence-electron chi connectivity index (χ0n) is 25.2. The highest BCUT2D eigenvalue weighted by molar-refractivity contribution is 5.93. The molecule has 1 aliphatic heterocycles. The Hall–Kier alpha value is -3.91. The Labute approximate surface area is 249 Å². The van der Waals surface area contributed by atoms with Crippen molar-refractivity contribution in [3.05, 3.63) is 77.9 Å². The summed E-state index contributed by atoms with van der Waals surface area (Å²) in [5, 5.41) is 11.5. The van der Waals surface area contributed by atoms with Crippen LogP contribution in [0.3, 0.4) is 0 Å². The minimum atomic E-state index is -0.789. The molecule has 0 aliphatic carbocycles. The maximum Gasteiger partial charge on any atom is 0.243 e. The van der Waals surface area contributed by atoms with Crippen molar-refractivity contribution in [1.29, 1.82) is 0 Å². The number of hydrogen-bond donors (Lipinski definition) is 3. The molecule has 0 saturated carbocycles. The van der Waals surface area contributed by atoms with Crippen molar-refractivity contribution < 1.29 is 19.1 Å². The molecule has 3 amide bonds. The minimum absolute atomic E-state index is 0.0551. The molecule has 8 heteroatoms. The SMILES string of the molecule is CC[C@H](C)[C@@H]1NCCOc2ccccc2CCCNC(=O)[C@@H](Cc2ccc3ccccc3c2)NC(=O)[C@@H](C)N(C)C1=O. The molecule has 0 saturated heterocycles. The molecule has 0 spiro atoms. The normalized spacial score (nSPS) is 22.2. The summed E-state index contributed by atoms with van der Waals surface area (Å²) in [7, 11) is 1.65. The molecule has 1 heterocycles. The average Bonchev–Trinajstić information content (AvgIpc) is 3.01. The van der Waals surface area contributed by atoms with Gasteiger partial charge in [0.25, 0.3) is 0 Å². The number of likely N-dealkylation sites (N-methyl/N-ethyl adjacent to an activating group) is 1. The van der Waals surface area contributed by atoms with E-state index in [1.54, 1.807) is 14.0 Å². The van der Waals surface area contributed by atoms with E-state index in [9.17, 15) is 14.4 Å². The van der Waals surface area contributed by atoms with Gasteiger partial charge in [-0.1, -0.05) is 80.9 Å². The van der Waals surface area contributed by atoms with Crippen LogP contribution in [0.2, 0.25) is 0 Å². The van der Waals surface area contributed by atoms with E-state index in [0.717, 1.165) is 46.9 Å². The van der Waals surface area contributed by atoms with Crippen molar-refractivity contribution in [2.75, 3.05) is 26.7 Å². The lowest BCUT2D eigenvalue weighted by atomic mass is 9.97. The third-order valence-corrected chi connectivity index (χ3v) is 8.29. The number of hydrogen-bond acceptors (Lipinski definition) is 5. The summed E-state index contributed by atoms with van der Waals surface area (Å²) in [4.78, 5) is 42.0. The molecule has 1 aliphatic rings. The van der Waals surface area contributed by atoms with E-state index in [-0.39, 0.29) is 23.6 Å². The van der Waals surface area contributed by atoms with Crippen molar-refractivity contribution in [2.24, 2.45) is 5.92 Å². The molecule has 42 heavy (non-hydrogen) atoms. The van der Waals surface area contributed by atoms with Crippen LogP contribution in [0.1, 0.15) is 44.7 Å². The second-order valence-electron chi connectivity index (χ2n) is 11.2. The fraction of sp³-hybridized carbons (Fsp3) is 0.441. The molecule has 0 radical (unpaired) electrons. The first-order valence-electron chi connectivity index (χ1n) is 15.0. The number of benzene rings is 3. The number of carbonyl (C=O) groups is 3. The summed E-state index contributed by atoms with van der Waals surface area (Å²) in [5.41, 5.74) is 2.01. The molecule has 0 bridgehead atoms. The van der Waals surface area contributed by atoms with Crippen LogP contribution in [0.4, 0.5) is 0 Å². The van der Waals surface area contributed by atoms with E-state index in [0.29, 0.717) is 26.1 Å². The van der Waals surface area contributed by atoms with Gasteiger partial charge in [-0.3, -0.25) is 14.4 Å². The predicted molar refractivity (Wildman–Crippen MR) is 166 cm³/mol. The fourth-order valence-electron chi connectivity index (χ4n) is 5.30. The van der Waals surface area contributed by atoms with Crippen LogP contribution in [0.15, 0.2) is 66.7 Å². The van der Waals surface area contributed by atoms with E-state index in [1.165, 1.54) is 4.90 Å². The summed E-state index contributed by atoms with van der Waals surface area (Å²) in [6.45, 7) is 7.13. The van der Waals surface area contributed by atoms with E-state index in [2.05, 4.69) is 22.0 Å². The third kappa shape index (κ3) is 7.88. The predicted octanol–water partition coefficient (Wildman–Crippen LogP) is 3.86. The number of amides is 3. The van der Waals surface area contributed by atoms with Gasteiger partial charge in [0.2, 0.25) is 17.7 Å². The quantitative estimate of drug-likeness (QED) is 0.441. The number of carbonyl (C=O) groups excluding carboxylic acids is 3. The summed E-state index contributed by atoms with van der Waals surface area (Å²) >= 11 is 0. The lowest BCUT2D eigenvalue weighted by Crippen LogP contribution is -2.57. The van der Waals surface area contributed by atoms with Gasteiger partial charge < -0.3 is 25.6 Å². The van der Waals surface area contributed by atoms with Gasteiger partial charge in [-0.05, 0) is 53.6 Å². The van der Waals surface area contributed by atoms with Crippen LogP contribution < -0.4 is 20.7 Å². The first-order valence-corrected chi connectivity index (χ1v) is 15.0. The molecule has 0 aromatic heterocycles. The summed E-state index contributed by atoms with van der Waals surface area (Å²) in [6, 6.07) is 20.0. The molecule has 8 nitrogen and oxygen atoms in total. The Morgan fingerprint density at radius 1 is 0.952 bits per heavy atom. The summed E-state index contributed by atoms with van der Waals surface area (Å²) < 4.78 is 6.09. The van der Waals surface area contributed by atoms with E-state index < -0.39 is 18.1 Å². The van der Waals surface area contributed by atoms with E-state index in [4.69, 9.17) is 4.74 Å². The van der Waals surface area contributed by atoms with E-state index in [1.807, 2.05) is 74.5 Å². The fourth-order valence-corrected chi connectivity index (χ4v) is 5.30. The van der Waals surface area contributed by atoms with Crippen LogP contribution >= 0.6 is 0 Å². The molecule has 3 aromatic rings. The van der Waals surface area contributed by atoms with Crippen LogP contribution in [0.25, 0.3) is 10.8 Å². The Bertz CT molecular complexity index is 1380. The number of para-hydroxylation sites is 1. The molecular weight excluding hydrogens is 528 g/mol. The summed E-state index contributed by atoms with van der Waals surface area (Å²) in [5.74, 6) is 0.0875. The first-order chi connectivity index (χ1) is 20.3. The molecule has 3 aromatic carbocycles. The van der Waals surface area contributed by atoms with Gasteiger partial charge in [0, 0.05) is 26.6 Å². The molecular formula is C34H44N4O4. The summed E-state index contributed by atoms with van der Waals surface area (Å²) in [6.07, 6.45) is 2.60. The van der Waals surface area contributed by atoms with Gasteiger partial charge in [0.1, 0.15) is 24.4 Å². The molecule has 4 atom stereocenters. The minimum Gasteiger partial charge on any atom is -0.492 e. The highest BCUT2D eigenvalue weighted by atomic mass is 16.5. The smallest absolute Gasteiger partial charge is 0.243 e. The monoisotopic (exact) mass is 572 g/mol. The van der Waals surface area contributed by atoms with Crippen LogP contribution in [-0.4, -0.2) is 67.5 Å². The highest BCUT2D eigenvalue weighted by Gasteiger charge is 2.32. The van der Waals surface area contributed by atoms with Crippen LogP contribution in [-0.2, 0) is 27.2 Å². The highest BCUT2D eigenvalue weighted by Crippen LogP contribution is 2.20. The lowest BCUT2D eigenvalue weighted by molar-refractivity contribution is -0.141. The zero-order chi connectivity index (χ0) is 30.1. The van der Waals surface area contributed by atoms with Crippen molar-refractivity contribution >= 4 is 28.5 Å². The van der Waals surface area contributed by atoms with Gasteiger partial charge >= 0.3 is 0 Å². The Morgan fingerprint density at radius 2 is 1.69 bits per heavy atom. The number of rotatable bonds is 4. The average molecular weight is 573 g/mol. The van der Waals surface area contributed by atoms with Gasteiger partial charge in [-0.15, -0.1) is 0 Å². The number of nitrogens with one attached hydrogen (secondary N) is 3. The first kappa shape index (κ1) is 31.0. The standard InChI is InChI=1S/C34H44N4O4/c1-5-23(2)31-34(41)38(4)24(3)32(39)37-29(22-25-16-17-26-11-6-7-13-28(26)21-25)33(40)36-18-10-14-27-12-8-9-15-30(27)42-20-19-35-31/h6-9,11-13,15-17,21,23-24,29,31,35H,5,10,14,18-20,22H2,1-4H3,(H,36,40)(H,37,39)/t23-,24+,29+,31-/m0/s1. The Morgan fingerprint density at radius 3 is 2.48 bits per heavy atom. The van der Waals surface area contributed by atoms with Crippen LogP contribution in [0, 0.1) is 5.92 Å². The molecule has 3 N–H and O–H groups in total. The van der Waals surface area contributed by atoms with Crippen LogP contribution in [0.5, 0.6) is 5.75 Å². The van der Waals surface area contributed by atoms with Crippen molar-refractivity contribution in [1.82, 2.24) is 20.9 Å². The van der Waals surface area contributed by atoms with Gasteiger partial charge in [-0.25, -0.2) is 0 Å². The van der Waals surface area contributed by atoms with Gasteiger partial charge in [0.05, 0.1) is 6.04 Å². The maximum absolute atomic E-state index is 13.6. The molecule has 0 fully saturated rings. The topological polar surface area (TPSA) is 99.8 Å². The lowest BCUT2D eigenvalue weighted by Gasteiger charge is -2.32. The molecule has 0 unspecified atom stereocenters. The number of ether oxygens (including phenoxy) is 1. The maximum atomic E-state index is 13.6. The number of fused-ring (bicyclic) bond motifs is 2. The number of nitrogens with zero attached hydrogens (tertiary/aromatic N) is 1. The number of aryl methyl sites for hydroxylation is 1. The largest absolute Gasteiger partial charge is 0.492 e. The molecule has 224 valence electrons. The van der Waals surface area contributed by atoms with Crippen molar-refractivity contribution in [2.45, 2.75) is 64.6 Å². The van der Waals surface area contributed by atoms with Gasteiger partial charge in [0.15, 0.2) is 0 Å². The van der Waals surface area contributed by atoms with Crippen molar-refractivity contribution in [3.8, 4) is 5.75 Å². The second-order valence-corrected chi connectivity index (χ2v) is 11.2.